The van der Waals surface area contributed by atoms with E-state index in [9.17, 15) is 8.78 Å². The van der Waals surface area contributed by atoms with Gasteiger partial charge in [-0.15, -0.1) is 0 Å². The molecule has 2 rings (SSSR count). The Morgan fingerprint density at radius 2 is 1.85 bits per heavy atom. The van der Waals surface area contributed by atoms with Crippen molar-refractivity contribution in [3.8, 4) is 0 Å². The van der Waals surface area contributed by atoms with E-state index in [0.29, 0.717) is 17.7 Å². The Hall–Kier alpha value is -1.81. The highest BCUT2D eigenvalue weighted by Crippen LogP contribution is 2.26. The Balaban J connectivity index is 2.51. The summed E-state index contributed by atoms with van der Waals surface area (Å²) >= 11 is 0. The first-order valence-corrected chi connectivity index (χ1v) is 6.63. The molecule has 4 heteroatoms. The summed E-state index contributed by atoms with van der Waals surface area (Å²) in [6.45, 7) is 6.19. The van der Waals surface area contributed by atoms with Crippen LogP contribution < -0.4 is 5.32 Å². The second-order valence-electron chi connectivity index (χ2n) is 4.91. The standard InChI is InChI=1S/C16H18F2N2/c1-4-20-16(12-5-10(2)8-19-9-12)13-6-11(3)14(17)7-15(13)18/h5-9,16,20H,4H2,1-3H3. The maximum absolute atomic E-state index is 14.1. The summed E-state index contributed by atoms with van der Waals surface area (Å²) in [4.78, 5) is 4.15. The van der Waals surface area contributed by atoms with Gasteiger partial charge in [-0.05, 0) is 43.1 Å². The van der Waals surface area contributed by atoms with Crippen LogP contribution in [0.3, 0.4) is 0 Å². The summed E-state index contributed by atoms with van der Waals surface area (Å²) in [5.41, 5.74) is 2.75. The lowest BCUT2D eigenvalue weighted by Gasteiger charge is -2.20. The predicted molar refractivity (Wildman–Crippen MR) is 75.6 cm³/mol. The molecular formula is C16H18F2N2. The smallest absolute Gasteiger partial charge is 0.131 e. The largest absolute Gasteiger partial charge is 0.306 e. The van der Waals surface area contributed by atoms with Crippen molar-refractivity contribution in [3.05, 3.63) is 64.5 Å². The van der Waals surface area contributed by atoms with Crippen LogP contribution in [0, 0.1) is 25.5 Å². The number of benzene rings is 1. The third kappa shape index (κ3) is 3.02. The SMILES string of the molecule is CCNC(c1cncc(C)c1)c1cc(C)c(F)cc1F. The first-order chi connectivity index (χ1) is 9.52. The zero-order valence-electron chi connectivity index (χ0n) is 11.9. The summed E-state index contributed by atoms with van der Waals surface area (Å²) in [5, 5.41) is 3.23. The van der Waals surface area contributed by atoms with E-state index in [-0.39, 0.29) is 6.04 Å². The number of aryl methyl sites for hydroxylation is 2. The molecule has 0 bridgehead atoms. The molecular weight excluding hydrogens is 258 g/mol. The van der Waals surface area contributed by atoms with Crippen molar-refractivity contribution in [1.29, 1.82) is 0 Å². The van der Waals surface area contributed by atoms with Crippen LogP contribution in [0.2, 0.25) is 0 Å². The number of hydrogen-bond donors (Lipinski definition) is 1. The summed E-state index contributed by atoms with van der Waals surface area (Å²) in [6.07, 6.45) is 3.46. The fraction of sp³-hybridized carbons (Fsp3) is 0.312. The van der Waals surface area contributed by atoms with E-state index in [1.807, 2.05) is 19.9 Å². The van der Waals surface area contributed by atoms with E-state index >= 15 is 0 Å². The van der Waals surface area contributed by atoms with Crippen molar-refractivity contribution < 1.29 is 8.78 Å². The Morgan fingerprint density at radius 1 is 1.10 bits per heavy atom. The summed E-state index contributed by atoms with van der Waals surface area (Å²) < 4.78 is 27.5. The molecule has 1 aromatic heterocycles. The quantitative estimate of drug-likeness (QED) is 0.921. The number of halogens is 2. The van der Waals surface area contributed by atoms with Crippen molar-refractivity contribution in [2.75, 3.05) is 6.54 Å². The van der Waals surface area contributed by atoms with Crippen LogP contribution in [-0.4, -0.2) is 11.5 Å². The van der Waals surface area contributed by atoms with Gasteiger partial charge in [0, 0.05) is 24.0 Å². The number of pyridine rings is 1. The molecule has 106 valence electrons. The third-order valence-corrected chi connectivity index (χ3v) is 3.23. The normalized spacial score (nSPS) is 12.4. The highest BCUT2D eigenvalue weighted by Gasteiger charge is 2.19. The van der Waals surface area contributed by atoms with Crippen LogP contribution in [0.25, 0.3) is 0 Å². The Kier molecular flexibility index (Phi) is 4.45. The number of rotatable bonds is 4. The Bertz CT molecular complexity index is 611. The van der Waals surface area contributed by atoms with E-state index in [1.54, 1.807) is 25.4 Å². The molecule has 1 aromatic carbocycles. The van der Waals surface area contributed by atoms with Crippen LogP contribution in [0.4, 0.5) is 8.78 Å². The van der Waals surface area contributed by atoms with Gasteiger partial charge in [0.1, 0.15) is 11.6 Å². The second kappa shape index (κ2) is 6.09. The van der Waals surface area contributed by atoms with Gasteiger partial charge in [-0.3, -0.25) is 4.98 Å². The molecule has 0 spiro atoms. The molecule has 0 aliphatic rings. The van der Waals surface area contributed by atoms with E-state index < -0.39 is 11.6 Å². The van der Waals surface area contributed by atoms with E-state index in [1.165, 1.54) is 0 Å². The van der Waals surface area contributed by atoms with E-state index in [2.05, 4.69) is 10.3 Å². The molecule has 0 amide bonds. The fourth-order valence-electron chi connectivity index (χ4n) is 2.25. The summed E-state index contributed by atoms with van der Waals surface area (Å²) in [7, 11) is 0. The van der Waals surface area contributed by atoms with E-state index in [0.717, 1.165) is 17.2 Å². The molecule has 0 aliphatic heterocycles. The molecule has 20 heavy (non-hydrogen) atoms. The zero-order chi connectivity index (χ0) is 14.7. The average molecular weight is 276 g/mol. The minimum atomic E-state index is -0.541. The van der Waals surface area contributed by atoms with Gasteiger partial charge in [-0.25, -0.2) is 8.78 Å². The molecule has 0 saturated heterocycles. The fourth-order valence-corrected chi connectivity index (χ4v) is 2.25. The maximum atomic E-state index is 14.1. The van der Waals surface area contributed by atoms with Crippen molar-refractivity contribution >= 4 is 0 Å². The van der Waals surface area contributed by atoms with Crippen LogP contribution in [0.1, 0.15) is 35.2 Å². The van der Waals surface area contributed by atoms with Crippen molar-refractivity contribution in [2.45, 2.75) is 26.8 Å². The summed E-state index contributed by atoms with van der Waals surface area (Å²) in [5.74, 6) is -1.07. The van der Waals surface area contributed by atoms with Gasteiger partial charge in [-0.1, -0.05) is 13.0 Å². The lowest BCUT2D eigenvalue weighted by molar-refractivity contribution is 0.537. The van der Waals surface area contributed by atoms with Crippen molar-refractivity contribution in [1.82, 2.24) is 10.3 Å². The van der Waals surface area contributed by atoms with Crippen molar-refractivity contribution in [3.63, 3.8) is 0 Å². The molecule has 2 aromatic rings. The maximum Gasteiger partial charge on any atom is 0.131 e. The number of aromatic nitrogens is 1. The molecule has 0 fully saturated rings. The molecule has 1 N–H and O–H groups in total. The van der Waals surface area contributed by atoms with Gasteiger partial charge in [0.05, 0.1) is 6.04 Å². The molecule has 2 nitrogen and oxygen atoms in total. The minimum absolute atomic E-state index is 0.327. The van der Waals surface area contributed by atoms with Gasteiger partial charge in [0.2, 0.25) is 0 Å². The highest BCUT2D eigenvalue weighted by molar-refractivity contribution is 5.35. The van der Waals surface area contributed by atoms with Gasteiger partial charge in [-0.2, -0.15) is 0 Å². The first kappa shape index (κ1) is 14.6. The van der Waals surface area contributed by atoms with Crippen LogP contribution >= 0.6 is 0 Å². The van der Waals surface area contributed by atoms with Crippen LogP contribution in [-0.2, 0) is 0 Å². The Labute approximate surface area is 117 Å². The molecule has 0 saturated carbocycles. The monoisotopic (exact) mass is 276 g/mol. The molecule has 1 heterocycles. The van der Waals surface area contributed by atoms with Gasteiger partial charge < -0.3 is 5.32 Å². The topological polar surface area (TPSA) is 24.9 Å². The zero-order valence-corrected chi connectivity index (χ0v) is 11.9. The lowest BCUT2D eigenvalue weighted by atomic mass is 9.97. The highest BCUT2D eigenvalue weighted by atomic mass is 19.1. The summed E-state index contributed by atoms with van der Waals surface area (Å²) in [6, 6.07) is 4.13. The lowest BCUT2D eigenvalue weighted by Crippen LogP contribution is -2.23. The number of nitrogens with one attached hydrogen (secondary N) is 1. The molecule has 1 atom stereocenters. The first-order valence-electron chi connectivity index (χ1n) is 6.63. The van der Waals surface area contributed by atoms with Crippen LogP contribution in [0.5, 0.6) is 0 Å². The molecule has 1 unspecified atom stereocenters. The van der Waals surface area contributed by atoms with E-state index in [4.69, 9.17) is 0 Å². The van der Waals surface area contributed by atoms with Gasteiger partial charge >= 0.3 is 0 Å². The minimum Gasteiger partial charge on any atom is -0.306 e. The van der Waals surface area contributed by atoms with Crippen LogP contribution in [0.15, 0.2) is 30.6 Å². The van der Waals surface area contributed by atoms with Gasteiger partial charge in [0.15, 0.2) is 0 Å². The van der Waals surface area contributed by atoms with Gasteiger partial charge in [0.25, 0.3) is 0 Å². The average Bonchev–Trinajstić information content (AvgIpc) is 2.40. The van der Waals surface area contributed by atoms with Crippen molar-refractivity contribution in [2.24, 2.45) is 0 Å². The molecule has 0 aliphatic carbocycles. The predicted octanol–water partition coefficient (Wildman–Crippen LogP) is 3.68. The number of nitrogens with zero attached hydrogens (tertiary/aromatic N) is 1. The third-order valence-electron chi connectivity index (χ3n) is 3.23. The molecule has 0 radical (unpaired) electrons. The second-order valence-corrected chi connectivity index (χ2v) is 4.91. The number of hydrogen-bond acceptors (Lipinski definition) is 2. The Morgan fingerprint density at radius 3 is 2.50 bits per heavy atom.